The fraction of sp³-hybridized carbons (Fsp3) is 0.490. The van der Waals surface area contributed by atoms with Gasteiger partial charge in [-0.25, -0.2) is 14.6 Å². The molecule has 2 saturated heterocycles. The molecule has 0 bridgehead atoms. The number of fused-ring (bicyclic) bond motifs is 3. The molecule has 1 aromatic heterocycles. The Morgan fingerprint density at radius 3 is 1.77 bits per heavy atom. The highest BCUT2D eigenvalue weighted by Gasteiger charge is 2.51. The smallest absolute Gasteiger partial charge is 0.407 e. The molecule has 3 N–H and O–H groups in total. The molecular formula is C51H61N7O6. The van der Waals surface area contributed by atoms with E-state index in [1.165, 1.54) is 14.2 Å². The minimum atomic E-state index is -0.683. The van der Waals surface area contributed by atoms with E-state index >= 15 is 0 Å². The summed E-state index contributed by atoms with van der Waals surface area (Å²) in [5.74, 6) is 1.33. The number of aromatic nitrogens is 2. The number of amides is 4. The van der Waals surface area contributed by atoms with Crippen LogP contribution in [0.3, 0.4) is 0 Å². The van der Waals surface area contributed by atoms with Crippen molar-refractivity contribution in [2.45, 2.75) is 122 Å². The van der Waals surface area contributed by atoms with Crippen LogP contribution in [-0.2, 0) is 19.1 Å². The highest BCUT2D eigenvalue weighted by molar-refractivity contribution is 6.05. The highest BCUT2D eigenvalue weighted by Crippen LogP contribution is 2.48. The Balaban J connectivity index is 0.873. The predicted octanol–water partition coefficient (Wildman–Crippen LogP) is 9.06. The van der Waals surface area contributed by atoms with Crippen LogP contribution in [0.1, 0.15) is 103 Å². The number of aliphatic imine (C=N–C) groups is 1. The normalized spacial score (nSPS) is 24.7. The van der Waals surface area contributed by atoms with Gasteiger partial charge in [0.2, 0.25) is 11.8 Å². The van der Waals surface area contributed by atoms with Crippen molar-refractivity contribution in [3.8, 4) is 22.4 Å². The summed E-state index contributed by atoms with van der Waals surface area (Å²) < 4.78 is 9.73. The van der Waals surface area contributed by atoms with Crippen LogP contribution < -0.4 is 10.6 Å². The van der Waals surface area contributed by atoms with Crippen molar-refractivity contribution in [2.75, 3.05) is 14.2 Å². The number of ether oxygens (including phenoxy) is 2. The zero-order valence-corrected chi connectivity index (χ0v) is 37.8. The summed E-state index contributed by atoms with van der Waals surface area (Å²) in [7, 11) is 2.64. The van der Waals surface area contributed by atoms with Gasteiger partial charge in [-0.15, -0.1) is 0 Å². The molecule has 3 aliphatic heterocycles. The number of H-pyrrole nitrogens is 1. The van der Waals surface area contributed by atoms with E-state index in [0.29, 0.717) is 18.3 Å². The van der Waals surface area contributed by atoms with Crippen LogP contribution >= 0.6 is 0 Å². The van der Waals surface area contributed by atoms with Crippen molar-refractivity contribution in [3.63, 3.8) is 0 Å². The minimum absolute atomic E-state index is 0.0434. The van der Waals surface area contributed by atoms with Crippen molar-refractivity contribution in [1.29, 1.82) is 0 Å². The Hall–Kier alpha value is -5.98. The molecule has 4 amide bonds. The molecule has 3 aromatic carbocycles. The molecule has 0 spiro atoms. The number of alkyl carbamates (subject to hydrolysis) is 2. The lowest BCUT2D eigenvalue weighted by Gasteiger charge is -2.34. The zero-order valence-electron chi connectivity index (χ0n) is 37.8. The number of aromatic amines is 1. The number of nitrogens with one attached hydrogen (secondary N) is 3. The van der Waals surface area contributed by atoms with E-state index in [9.17, 15) is 19.2 Å². The Morgan fingerprint density at radius 1 is 0.672 bits per heavy atom. The van der Waals surface area contributed by atoms with Gasteiger partial charge in [0.15, 0.2) is 0 Å². The average Bonchev–Trinajstić information content (AvgIpc) is 4.16. The number of methoxy groups -OCH3 is 2. The molecule has 64 heavy (non-hydrogen) atoms. The van der Waals surface area contributed by atoms with E-state index in [0.717, 1.165) is 107 Å². The first kappa shape index (κ1) is 43.3. The van der Waals surface area contributed by atoms with Crippen LogP contribution in [0.4, 0.5) is 9.59 Å². The molecule has 5 aliphatic rings. The summed E-state index contributed by atoms with van der Waals surface area (Å²) in [6.07, 6.45) is 11.4. The highest BCUT2D eigenvalue weighted by atomic mass is 16.5. The standard InChI is InChI=1S/C51H61N7O6/c1-28(2)45(55-50(61)63-5)48(59)57-41-11-7-9-36(41)24-43(57)39-23-38(26-52-39)35-20-19-33-21-32(17-18-34(33)22-35)30-13-15-31(16-14-30)40-27-53-47(54-40)44-25-37-10-8-12-42(37)58(44)49(60)46(29(3)4)56-51(62)64-6/h13-22,26-29,36-37,41-46H,7-12,23-25H2,1-6H3,(H,53,54)(H,55,61)(H,56,62)/t36-,37-,41-,42-,43-,44-,45-,46-/m0/s1. The number of carbonyl (C=O) groups excluding carboxylic acids is 4. The van der Waals surface area contributed by atoms with Gasteiger partial charge in [0, 0.05) is 30.4 Å². The molecule has 2 aliphatic carbocycles. The lowest BCUT2D eigenvalue weighted by atomic mass is 9.93. The summed E-state index contributed by atoms with van der Waals surface area (Å²) >= 11 is 0. The largest absolute Gasteiger partial charge is 0.453 e. The maximum atomic E-state index is 14.2. The van der Waals surface area contributed by atoms with E-state index in [2.05, 4.69) is 81.2 Å². The number of nitrogens with zero attached hydrogens (tertiary/aromatic N) is 4. The number of hydrogen-bond acceptors (Lipinski definition) is 8. The van der Waals surface area contributed by atoms with E-state index in [1.807, 2.05) is 45.0 Å². The number of likely N-dealkylation sites (tertiary alicyclic amines) is 2. The first-order valence-corrected chi connectivity index (χ1v) is 23.2. The number of rotatable bonds is 11. The van der Waals surface area contributed by atoms with Crippen molar-refractivity contribution >= 4 is 46.1 Å². The van der Waals surface area contributed by atoms with E-state index in [4.69, 9.17) is 19.5 Å². The van der Waals surface area contributed by atoms with Crippen LogP contribution in [0.2, 0.25) is 0 Å². The summed E-state index contributed by atoms with van der Waals surface area (Å²) in [5.41, 5.74) is 7.40. The first-order chi connectivity index (χ1) is 30.9. The van der Waals surface area contributed by atoms with Crippen molar-refractivity contribution < 1.29 is 28.7 Å². The maximum Gasteiger partial charge on any atom is 0.407 e. The maximum absolute atomic E-state index is 14.2. The SMILES string of the molecule is COC(=O)N[C@H](C(=O)N1[C@H](C2=NC=C(c3ccc4cc(-c5ccc(-c6cnc([C@@H]7C[C@@H]8CCC[C@@H]8N7C(=O)[C@@H](NC(=O)OC)C(C)C)[nH]6)cc5)ccc4c3)C2)C[C@@H]2CCC[C@@H]21)C(C)C. The Kier molecular flexibility index (Phi) is 12.1. The first-order valence-electron chi connectivity index (χ1n) is 23.2. The molecule has 9 rings (SSSR count). The second-order valence-corrected chi connectivity index (χ2v) is 19.2. The molecule has 13 heteroatoms. The summed E-state index contributed by atoms with van der Waals surface area (Å²) in [4.78, 5) is 70.2. The third kappa shape index (κ3) is 8.18. The molecule has 0 unspecified atom stereocenters. The molecule has 336 valence electrons. The summed E-state index contributed by atoms with van der Waals surface area (Å²) in [6.45, 7) is 7.80. The van der Waals surface area contributed by atoms with Gasteiger partial charge in [0.1, 0.15) is 17.9 Å². The van der Waals surface area contributed by atoms with Gasteiger partial charge in [-0.05, 0) is 113 Å². The van der Waals surface area contributed by atoms with Gasteiger partial charge >= 0.3 is 12.2 Å². The van der Waals surface area contributed by atoms with Crippen molar-refractivity contribution in [2.24, 2.45) is 28.7 Å². The van der Waals surface area contributed by atoms with Crippen LogP contribution in [0, 0.1) is 23.7 Å². The monoisotopic (exact) mass is 867 g/mol. The van der Waals surface area contributed by atoms with Crippen LogP contribution in [0.5, 0.6) is 0 Å². The molecular weight excluding hydrogens is 807 g/mol. The quantitative estimate of drug-likeness (QED) is 0.136. The zero-order chi connectivity index (χ0) is 44.8. The third-order valence-electron chi connectivity index (χ3n) is 14.8. The third-order valence-corrected chi connectivity index (χ3v) is 14.8. The van der Waals surface area contributed by atoms with Gasteiger partial charge in [0.05, 0.1) is 38.2 Å². The lowest BCUT2D eigenvalue weighted by Crippen LogP contribution is -2.55. The molecule has 2 saturated carbocycles. The van der Waals surface area contributed by atoms with E-state index < -0.39 is 24.3 Å². The number of hydrogen-bond donors (Lipinski definition) is 3. The topological polar surface area (TPSA) is 158 Å². The van der Waals surface area contributed by atoms with Crippen molar-refractivity contribution in [1.82, 2.24) is 30.4 Å². The molecule has 4 heterocycles. The van der Waals surface area contributed by atoms with Crippen LogP contribution in [0.25, 0.3) is 38.7 Å². The van der Waals surface area contributed by atoms with Gasteiger partial charge in [-0.1, -0.05) is 89.1 Å². The second-order valence-electron chi connectivity index (χ2n) is 19.2. The second kappa shape index (κ2) is 17.9. The lowest BCUT2D eigenvalue weighted by molar-refractivity contribution is -0.138. The molecule has 13 nitrogen and oxygen atoms in total. The minimum Gasteiger partial charge on any atom is -0.453 e. The fourth-order valence-corrected chi connectivity index (χ4v) is 11.4. The number of allylic oxidation sites excluding steroid dienone is 1. The average molecular weight is 868 g/mol. The van der Waals surface area contributed by atoms with Gasteiger partial charge in [0.25, 0.3) is 0 Å². The van der Waals surface area contributed by atoms with Crippen LogP contribution in [0.15, 0.2) is 78.1 Å². The number of benzene rings is 3. The molecule has 8 atom stereocenters. The van der Waals surface area contributed by atoms with Gasteiger partial charge in [-0.3, -0.25) is 14.6 Å². The fourth-order valence-electron chi connectivity index (χ4n) is 11.4. The molecule has 0 radical (unpaired) electrons. The Bertz CT molecular complexity index is 2490. The van der Waals surface area contributed by atoms with Crippen LogP contribution in [-0.4, -0.2) is 93.9 Å². The van der Waals surface area contributed by atoms with E-state index in [1.54, 1.807) is 0 Å². The van der Waals surface area contributed by atoms with Gasteiger partial charge in [-0.2, -0.15) is 0 Å². The predicted molar refractivity (Wildman–Crippen MR) is 247 cm³/mol. The molecule has 4 aromatic rings. The summed E-state index contributed by atoms with van der Waals surface area (Å²) in [5, 5.41) is 7.88. The van der Waals surface area contributed by atoms with Gasteiger partial charge < -0.3 is 34.9 Å². The number of imidazole rings is 1. The van der Waals surface area contributed by atoms with Crippen molar-refractivity contribution in [3.05, 3.63) is 84.4 Å². The van der Waals surface area contributed by atoms with E-state index in [-0.39, 0.29) is 47.8 Å². The Morgan fingerprint density at radius 2 is 1.19 bits per heavy atom. The molecule has 4 fully saturated rings. The Labute approximate surface area is 375 Å². The summed E-state index contributed by atoms with van der Waals surface area (Å²) in [6, 6.07) is 20.3. The number of carbonyl (C=O) groups is 4.